The number of hydrogen-bond acceptors (Lipinski definition) is 9. The summed E-state index contributed by atoms with van der Waals surface area (Å²) in [4.78, 5) is 8.71. The molecule has 2 N–H and O–H groups in total. The van der Waals surface area contributed by atoms with Gasteiger partial charge < -0.3 is 24.1 Å². The maximum absolute atomic E-state index is 12.8. The van der Waals surface area contributed by atoms with Gasteiger partial charge in [0.25, 0.3) is 6.02 Å². The molecule has 1 saturated heterocycles. The van der Waals surface area contributed by atoms with E-state index in [1.807, 2.05) is 6.92 Å². The lowest BCUT2D eigenvalue weighted by atomic mass is 9.82. The molecule has 0 bridgehead atoms. The van der Waals surface area contributed by atoms with Crippen LogP contribution < -0.4 is 14.7 Å². The zero-order valence-corrected chi connectivity index (χ0v) is 18.3. The molecule has 34 heavy (non-hydrogen) atoms. The second-order valence-electron chi connectivity index (χ2n) is 8.22. The second-order valence-corrected chi connectivity index (χ2v) is 9.76. The SMILES string of the molecule is CC1(C#Cc2cnc3c(c2)C2(COC(N)=N2)c2cc(OS(=O)(=O)C(F)(F)F)ccc2O3)COC1. The first-order chi connectivity index (χ1) is 15.9. The molecule has 1 aromatic heterocycles. The lowest BCUT2D eigenvalue weighted by molar-refractivity contribution is -0.0648. The van der Waals surface area contributed by atoms with Gasteiger partial charge in [0.15, 0.2) is 5.54 Å². The van der Waals surface area contributed by atoms with Gasteiger partial charge >= 0.3 is 15.6 Å². The molecule has 0 amide bonds. The molecule has 178 valence electrons. The van der Waals surface area contributed by atoms with E-state index >= 15 is 0 Å². The molecule has 4 heterocycles. The van der Waals surface area contributed by atoms with E-state index in [2.05, 4.69) is 26.0 Å². The second kappa shape index (κ2) is 7.25. The Morgan fingerprint density at radius 3 is 2.56 bits per heavy atom. The van der Waals surface area contributed by atoms with Crippen molar-refractivity contribution in [2.75, 3.05) is 19.8 Å². The van der Waals surface area contributed by atoms with Crippen LogP contribution in [0.25, 0.3) is 0 Å². The minimum Gasteiger partial charge on any atom is -0.462 e. The predicted octanol–water partition coefficient (Wildman–Crippen LogP) is 2.39. The Labute approximate surface area is 191 Å². The Balaban J connectivity index is 1.60. The van der Waals surface area contributed by atoms with E-state index in [1.165, 1.54) is 12.3 Å². The van der Waals surface area contributed by atoms with Crippen molar-refractivity contribution in [2.45, 2.75) is 18.0 Å². The van der Waals surface area contributed by atoms with Gasteiger partial charge in [-0.2, -0.15) is 21.6 Å². The summed E-state index contributed by atoms with van der Waals surface area (Å²) in [6.45, 7) is 2.86. The van der Waals surface area contributed by atoms with Crippen LogP contribution in [-0.4, -0.2) is 44.8 Å². The summed E-state index contributed by atoms with van der Waals surface area (Å²) in [6, 6.07) is 4.90. The number of rotatable bonds is 2. The fourth-order valence-corrected chi connectivity index (χ4v) is 4.16. The predicted molar refractivity (Wildman–Crippen MR) is 111 cm³/mol. The number of alkyl halides is 3. The molecule has 9 nitrogen and oxygen atoms in total. The molecule has 3 aliphatic heterocycles. The number of aliphatic imine (C=N–C) groups is 1. The smallest absolute Gasteiger partial charge is 0.462 e. The Bertz CT molecular complexity index is 1390. The first-order valence-electron chi connectivity index (χ1n) is 9.84. The molecule has 0 aliphatic carbocycles. The molecule has 5 rings (SSSR count). The lowest BCUT2D eigenvalue weighted by Crippen LogP contribution is -2.38. The maximum atomic E-state index is 12.8. The third kappa shape index (κ3) is 3.59. The summed E-state index contributed by atoms with van der Waals surface area (Å²) in [5, 5.41) is 0. The van der Waals surface area contributed by atoms with E-state index in [-0.39, 0.29) is 35.2 Å². The molecule has 1 aromatic carbocycles. The van der Waals surface area contributed by atoms with Crippen molar-refractivity contribution in [1.82, 2.24) is 4.98 Å². The van der Waals surface area contributed by atoms with Gasteiger partial charge in [-0.3, -0.25) is 0 Å². The van der Waals surface area contributed by atoms with Gasteiger partial charge in [0, 0.05) is 17.3 Å². The number of nitrogens with two attached hydrogens (primary N) is 1. The first kappa shape index (κ1) is 22.3. The quantitative estimate of drug-likeness (QED) is 0.383. The Hall–Kier alpha value is -3.50. The lowest BCUT2D eigenvalue weighted by Gasteiger charge is -2.33. The normalized spacial score (nSPS) is 22.2. The molecular formula is C21H16F3N3O6S. The molecule has 0 radical (unpaired) electrons. The van der Waals surface area contributed by atoms with Crippen LogP contribution in [0.3, 0.4) is 0 Å². The number of nitrogens with zero attached hydrogens (tertiary/aromatic N) is 2. The molecule has 2 aromatic rings. The van der Waals surface area contributed by atoms with Crippen LogP contribution in [0.15, 0.2) is 35.5 Å². The standard InChI is InChI=1S/C21H16F3N3O6S/c1-19(9-30-10-19)5-4-12-6-15-17(26-8-12)32-16-3-2-13(33-34(28,29)21(22,23)24)7-14(16)20(15)11-31-18(25)27-20/h2-3,6-8H,9-11H2,1H3,(H2,25,27). The van der Waals surface area contributed by atoms with Crippen LogP contribution in [0.5, 0.6) is 17.4 Å². The minimum absolute atomic E-state index is 0.123. The Morgan fingerprint density at radius 1 is 1.18 bits per heavy atom. The van der Waals surface area contributed by atoms with Gasteiger partial charge in [-0.05, 0) is 31.2 Å². The van der Waals surface area contributed by atoms with Crippen LogP contribution in [0.4, 0.5) is 13.2 Å². The largest absolute Gasteiger partial charge is 0.534 e. The van der Waals surface area contributed by atoms with Crippen molar-refractivity contribution in [1.29, 1.82) is 0 Å². The van der Waals surface area contributed by atoms with Crippen molar-refractivity contribution in [2.24, 2.45) is 16.1 Å². The van der Waals surface area contributed by atoms with Gasteiger partial charge in [0.1, 0.15) is 18.1 Å². The van der Waals surface area contributed by atoms with Gasteiger partial charge in [0.05, 0.1) is 24.2 Å². The molecule has 1 atom stereocenters. The molecular weight excluding hydrogens is 479 g/mol. The van der Waals surface area contributed by atoms with Crippen molar-refractivity contribution in [3.05, 3.63) is 47.2 Å². The molecule has 1 spiro atoms. The number of hydrogen-bond donors (Lipinski definition) is 1. The molecule has 0 saturated carbocycles. The van der Waals surface area contributed by atoms with Gasteiger partial charge in [0.2, 0.25) is 5.88 Å². The van der Waals surface area contributed by atoms with Crippen molar-refractivity contribution < 1.29 is 40.0 Å². The molecule has 1 unspecified atom stereocenters. The monoisotopic (exact) mass is 495 g/mol. The summed E-state index contributed by atoms with van der Waals surface area (Å²) in [5.41, 5.74) is -0.315. The van der Waals surface area contributed by atoms with E-state index in [0.717, 1.165) is 12.1 Å². The van der Waals surface area contributed by atoms with E-state index < -0.39 is 26.9 Å². The van der Waals surface area contributed by atoms with Crippen LogP contribution in [0.1, 0.15) is 23.6 Å². The Kier molecular flexibility index (Phi) is 4.75. The number of aromatic nitrogens is 1. The maximum Gasteiger partial charge on any atom is 0.534 e. The van der Waals surface area contributed by atoms with E-state index in [4.69, 9.17) is 19.9 Å². The van der Waals surface area contributed by atoms with Gasteiger partial charge in [-0.25, -0.2) is 9.98 Å². The minimum atomic E-state index is -5.88. The van der Waals surface area contributed by atoms with Gasteiger partial charge in [-0.1, -0.05) is 11.8 Å². The van der Waals surface area contributed by atoms with Crippen LogP contribution in [0, 0.1) is 17.3 Å². The highest BCUT2D eigenvalue weighted by Crippen LogP contribution is 2.51. The molecule has 13 heteroatoms. The summed E-state index contributed by atoms with van der Waals surface area (Å²) >= 11 is 0. The average molecular weight is 495 g/mol. The summed E-state index contributed by atoms with van der Waals surface area (Å²) < 4.78 is 82.1. The van der Waals surface area contributed by atoms with E-state index in [1.54, 1.807) is 6.07 Å². The van der Waals surface area contributed by atoms with Gasteiger partial charge in [-0.15, -0.1) is 0 Å². The van der Waals surface area contributed by atoms with Crippen molar-refractivity contribution in [3.8, 4) is 29.2 Å². The fraction of sp³-hybridized carbons (Fsp3) is 0.333. The van der Waals surface area contributed by atoms with Crippen molar-refractivity contribution in [3.63, 3.8) is 0 Å². The first-order valence-corrected chi connectivity index (χ1v) is 11.2. The van der Waals surface area contributed by atoms with E-state index in [9.17, 15) is 21.6 Å². The van der Waals surface area contributed by atoms with E-state index in [0.29, 0.717) is 24.3 Å². The average Bonchev–Trinajstić information content (AvgIpc) is 3.13. The zero-order valence-electron chi connectivity index (χ0n) is 17.5. The zero-order chi connectivity index (χ0) is 24.4. The van der Waals surface area contributed by atoms with Crippen LogP contribution in [0.2, 0.25) is 0 Å². The highest BCUT2D eigenvalue weighted by molar-refractivity contribution is 7.88. The summed E-state index contributed by atoms with van der Waals surface area (Å²) in [7, 11) is -5.88. The number of amidine groups is 1. The molecule has 3 aliphatic rings. The fourth-order valence-electron chi connectivity index (χ4n) is 3.70. The number of benzene rings is 1. The summed E-state index contributed by atoms with van der Waals surface area (Å²) in [5.74, 6) is 5.95. The number of pyridine rings is 1. The number of fused-ring (bicyclic) bond motifs is 4. The highest BCUT2D eigenvalue weighted by Gasteiger charge is 2.50. The topological polar surface area (TPSA) is 122 Å². The number of halogens is 3. The summed E-state index contributed by atoms with van der Waals surface area (Å²) in [6.07, 6.45) is 1.52. The highest BCUT2D eigenvalue weighted by atomic mass is 32.2. The Morgan fingerprint density at radius 2 is 1.94 bits per heavy atom. The third-order valence-electron chi connectivity index (χ3n) is 5.47. The molecule has 1 fully saturated rings. The third-order valence-corrected chi connectivity index (χ3v) is 6.45. The van der Waals surface area contributed by atoms with Crippen LogP contribution >= 0.6 is 0 Å². The van der Waals surface area contributed by atoms with Crippen LogP contribution in [-0.2, 0) is 25.1 Å². The number of ether oxygens (including phenoxy) is 3. The van der Waals surface area contributed by atoms with Crippen molar-refractivity contribution >= 4 is 16.1 Å².